The van der Waals surface area contributed by atoms with E-state index in [-0.39, 0.29) is 11.3 Å². The Kier molecular flexibility index (Phi) is 5.59. The zero-order valence-electron chi connectivity index (χ0n) is 17.7. The maximum Gasteiger partial charge on any atom is 0.258 e. The van der Waals surface area contributed by atoms with Gasteiger partial charge in [-0.15, -0.1) is 0 Å². The Morgan fingerprint density at radius 3 is 2.37 bits per heavy atom. The molecule has 2 aromatic carbocycles. The Morgan fingerprint density at radius 2 is 1.63 bits per heavy atom. The molecule has 0 unspecified atom stereocenters. The van der Waals surface area contributed by atoms with Crippen molar-refractivity contribution in [1.29, 1.82) is 0 Å². The number of carbonyl (C=O) groups is 1. The molecular weight excluding hydrogens is 392 g/mol. The van der Waals surface area contributed by atoms with Gasteiger partial charge in [-0.05, 0) is 86.5 Å². The number of anilines is 1. The first-order chi connectivity index (χ1) is 14.6. The number of nitrogens with zero attached hydrogens (tertiary/aromatic N) is 2. The summed E-state index contributed by atoms with van der Waals surface area (Å²) in [5.74, 6) is 0.0906. The maximum absolute atomic E-state index is 13.5. The molecule has 1 saturated heterocycles. The van der Waals surface area contributed by atoms with Crippen molar-refractivity contribution in [2.75, 3.05) is 24.5 Å². The Labute approximate surface area is 185 Å². The van der Waals surface area contributed by atoms with E-state index in [1.165, 1.54) is 63.6 Å². The van der Waals surface area contributed by atoms with Crippen molar-refractivity contribution in [1.82, 2.24) is 4.90 Å². The highest BCUT2D eigenvalue weighted by molar-refractivity contribution is 6.30. The summed E-state index contributed by atoms with van der Waals surface area (Å²) in [6.45, 7) is 3.18. The number of fused-ring (bicyclic) bond motifs is 1. The van der Waals surface area contributed by atoms with Gasteiger partial charge in [0.2, 0.25) is 0 Å². The summed E-state index contributed by atoms with van der Waals surface area (Å²) in [7, 11) is 0. The third-order valence-corrected chi connectivity index (χ3v) is 7.88. The minimum Gasteiger partial charge on any atom is -0.308 e. The second kappa shape index (κ2) is 8.36. The first kappa shape index (κ1) is 20.1. The molecule has 0 aromatic heterocycles. The predicted octanol–water partition coefficient (Wildman–Crippen LogP) is 5.96. The fraction of sp³-hybridized carbons (Fsp3) is 0.500. The molecule has 1 spiro atoms. The monoisotopic (exact) mass is 422 g/mol. The van der Waals surface area contributed by atoms with Crippen molar-refractivity contribution in [3.63, 3.8) is 0 Å². The van der Waals surface area contributed by atoms with Gasteiger partial charge in [-0.3, -0.25) is 4.79 Å². The van der Waals surface area contributed by atoms with Gasteiger partial charge in [-0.25, -0.2) is 0 Å². The van der Waals surface area contributed by atoms with E-state index < -0.39 is 0 Å². The molecular formula is C26H31ClN2O. The highest BCUT2D eigenvalue weighted by atomic mass is 35.5. The zero-order chi connectivity index (χ0) is 20.6. The van der Waals surface area contributed by atoms with Crippen LogP contribution in [0.15, 0.2) is 48.5 Å². The van der Waals surface area contributed by atoms with Crippen LogP contribution < -0.4 is 4.90 Å². The summed E-state index contributed by atoms with van der Waals surface area (Å²) >= 11 is 6.05. The van der Waals surface area contributed by atoms with Gasteiger partial charge in [0.05, 0.1) is 0 Å². The van der Waals surface area contributed by atoms with Crippen LogP contribution in [0.2, 0.25) is 5.02 Å². The number of hydrogen-bond donors (Lipinski definition) is 0. The Bertz CT molecular complexity index is 896. The van der Waals surface area contributed by atoms with E-state index in [4.69, 9.17) is 11.6 Å². The lowest BCUT2D eigenvalue weighted by atomic mass is 9.70. The summed E-state index contributed by atoms with van der Waals surface area (Å²) in [4.78, 5) is 18.3. The van der Waals surface area contributed by atoms with Crippen LogP contribution in [-0.2, 0) is 6.42 Å². The summed E-state index contributed by atoms with van der Waals surface area (Å²) in [6, 6.07) is 16.6. The topological polar surface area (TPSA) is 23.6 Å². The number of benzene rings is 2. The molecule has 2 aliphatic heterocycles. The number of hydrogen-bond acceptors (Lipinski definition) is 2. The first-order valence-electron chi connectivity index (χ1n) is 11.5. The van der Waals surface area contributed by atoms with Gasteiger partial charge in [0.15, 0.2) is 0 Å². The van der Waals surface area contributed by atoms with Crippen LogP contribution >= 0.6 is 11.6 Å². The van der Waals surface area contributed by atoms with E-state index in [0.717, 1.165) is 24.7 Å². The van der Waals surface area contributed by atoms with E-state index in [1.54, 1.807) is 0 Å². The number of amides is 1. The predicted molar refractivity (Wildman–Crippen MR) is 123 cm³/mol. The Balaban J connectivity index is 1.38. The second-order valence-electron chi connectivity index (χ2n) is 9.53. The van der Waals surface area contributed by atoms with Crippen molar-refractivity contribution >= 4 is 23.2 Å². The van der Waals surface area contributed by atoms with E-state index in [2.05, 4.69) is 23.1 Å². The van der Waals surface area contributed by atoms with Crippen LogP contribution in [0.5, 0.6) is 0 Å². The SMILES string of the molecule is O=C(c1ccc(Cl)cc1)N1CC2(CCN(C3CCCCC3)CC2)Cc2ccccc21. The van der Waals surface area contributed by atoms with E-state index in [1.807, 2.05) is 35.2 Å². The van der Waals surface area contributed by atoms with Gasteiger partial charge in [0.25, 0.3) is 5.91 Å². The molecule has 158 valence electrons. The minimum atomic E-state index is 0.0906. The number of piperidine rings is 1. The van der Waals surface area contributed by atoms with E-state index in [0.29, 0.717) is 10.6 Å². The molecule has 0 N–H and O–H groups in total. The van der Waals surface area contributed by atoms with Crippen LogP contribution in [0.25, 0.3) is 0 Å². The fourth-order valence-electron chi connectivity index (χ4n) is 5.88. The number of likely N-dealkylation sites (tertiary alicyclic amines) is 1. The highest BCUT2D eigenvalue weighted by Gasteiger charge is 2.43. The van der Waals surface area contributed by atoms with E-state index >= 15 is 0 Å². The van der Waals surface area contributed by atoms with Crippen molar-refractivity contribution in [3.8, 4) is 0 Å². The van der Waals surface area contributed by atoms with Crippen LogP contribution in [0.4, 0.5) is 5.69 Å². The molecule has 2 fully saturated rings. The maximum atomic E-state index is 13.5. The molecule has 0 radical (unpaired) electrons. The van der Waals surface area contributed by atoms with Crippen molar-refractivity contribution < 1.29 is 4.79 Å². The largest absolute Gasteiger partial charge is 0.308 e. The third kappa shape index (κ3) is 3.90. The molecule has 2 aromatic rings. The molecule has 4 heteroatoms. The highest BCUT2D eigenvalue weighted by Crippen LogP contribution is 2.44. The molecule has 3 aliphatic rings. The van der Waals surface area contributed by atoms with Crippen LogP contribution in [0, 0.1) is 5.41 Å². The van der Waals surface area contributed by atoms with Crippen LogP contribution in [0.3, 0.4) is 0 Å². The molecule has 1 aliphatic carbocycles. The summed E-state index contributed by atoms with van der Waals surface area (Å²) in [5, 5.41) is 0.664. The van der Waals surface area contributed by atoms with Crippen LogP contribution in [-0.4, -0.2) is 36.5 Å². The summed E-state index contributed by atoms with van der Waals surface area (Å²) < 4.78 is 0. The van der Waals surface area contributed by atoms with Gasteiger partial charge in [0, 0.05) is 28.9 Å². The number of carbonyl (C=O) groups excluding carboxylic acids is 1. The average molecular weight is 423 g/mol. The summed E-state index contributed by atoms with van der Waals surface area (Å²) in [6.07, 6.45) is 10.4. The quantitative estimate of drug-likeness (QED) is 0.596. The van der Waals surface area contributed by atoms with Crippen molar-refractivity contribution in [3.05, 3.63) is 64.7 Å². The molecule has 1 saturated carbocycles. The van der Waals surface area contributed by atoms with Crippen molar-refractivity contribution in [2.45, 2.75) is 57.4 Å². The molecule has 3 nitrogen and oxygen atoms in total. The van der Waals surface area contributed by atoms with E-state index in [9.17, 15) is 4.79 Å². The van der Waals surface area contributed by atoms with Crippen LogP contribution in [0.1, 0.15) is 60.9 Å². The number of para-hydroxylation sites is 1. The normalized spacial score (nSPS) is 22.1. The lowest BCUT2D eigenvalue weighted by molar-refractivity contribution is 0.0570. The van der Waals surface area contributed by atoms with Crippen molar-refractivity contribution in [2.24, 2.45) is 5.41 Å². The molecule has 5 rings (SSSR count). The molecule has 1 amide bonds. The smallest absolute Gasteiger partial charge is 0.258 e. The molecule has 0 atom stereocenters. The standard InChI is InChI=1S/C26H31ClN2O/c27-22-12-10-20(11-13-22)25(30)29-19-26(18-21-6-4-5-9-24(21)29)14-16-28(17-15-26)23-7-2-1-3-8-23/h4-6,9-13,23H,1-3,7-8,14-19H2. The molecule has 2 heterocycles. The fourth-order valence-corrected chi connectivity index (χ4v) is 6.00. The number of halogens is 1. The first-order valence-corrected chi connectivity index (χ1v) is 11.9. The lowest BCUT2D eigenvalue weighted by Crippen LogP contribution is -2.53. The van der Waals surface area contributed by atoms with Gasteiger partial charge in [-0.1, -0.05) is 49.1 Å². The second-order valence-corrected chi connectivity index (χ2v) is 9.97. The Morgan fingerprint density at radius 1 is 0.933 bits per heavy atom. The summed E-state index contributed by atoms with van der Waals surface area (Å²) in [5.41, 5.74) is 3.31. The Hall–Kier alpha value is -1.84. The lowest BCUT2D eigenvalue weighted by Gasteiger charge is -2.50. The third-order valence-electron chi connectivity index (χ3n) is 7.63. The average Bonchev–Trinajstić information content (AvgIpc) is 2.80. The zero-order valence-corrected chi connectivity index (χ0v) is 18.4. The van der Waals surface area contributed by atoms with Gasteiger partial charge in [-0.2, -0.15) is 0 Å². The van der Waals surface area contributed by atoms with Gasteiger partial charge >= 0.3 is 0 Å². The molecule has 0 bridgehead atoms. The molecule has 30 heavy (non-hydrogen) atoms. The van der Waals surface area contributed by atoms with Gasteiger partial charge < -0.3 is 9.80 Å². The van der Waals surface area contributed by atoms with Gasteiger partial charge in [0.1, 0.15) is 0 Å². The number of rotatable bonds is 2. The minimum absolute atomic E-state index is 0.0906.